The van der Waals surface area contributed by atoms with Gasteiger partial charge in [-0.25, -0.2) is 4.98 Å². The van der Waals surface area contributed by atoms with Crippen molar-refractivity contribution in [3.63, 3.8) is 0 Å². The Kier molecular flexibility index (Phi) is 4.53. The molecule has 21 heavy (non-hydrogen) atoms. The van der Waals surface area contributed by atoms with Crippen LogP contribution in [0.2, 0.25) is 0 Å². The second kappa shape index (κ2) is 6.56. The van der Waals surface area contributed by atoms with E-state index in [9.17, 15) is 0 Å². The minimum atomic E-state index is 0.247. The number of nitrogens with zero attached hydrogens (tertiary/aromatic N) is 2. The Morgan fingerprint density at radius 3 is 2.52 bits per heavy atom. The summed E-state index contributed by atoms with van der Waals surface area (Å²) in [5.74, 6) is 0.896. The summed E-state index contributed by atoms with van der Waals surface area (Å²) < 4.78 is 5.27. The predicted octanol–water partition coefficient (Wildman–Crippen LogP) is 2.45. The maximum atomic E-state index is 5.27. The number of aromatic nitrogens is 1. The minimum absolute atomic E-state index is 0.247. The summed E-state index contributed by atoms with van der Waals surface area (Å²) in [6.45, 7) is 6.24. The molecule has 112 valence electrons. The number of hydrogen-bond acceptors (Lipinski definition) is 5. The number of nitrogens with one attached hydrogen (secondary N) is 1. The van der Waals surface area contributed by atoms with E-state index in [4.69, 9.17) is 9.72 Å². The molecule has 2 aromatic rings. The van der Waals surface area contributed by atoms with Gasteiger partial charge in [-0.3, -0.25) is 4.90 Å². The predicted molar refractivity (Wildman–Crippen MR) is 86.1 cm³/mol. The van der Waals surface area contributed by atoms with Gasteiger partial charge in [-0.2, -0.15) is 0 Å². The molecule has 0 amide bonds. The molecule has 0 saturated carbocycles. The van der Waals surface area contributed by atoms with E-state index in [1.807, 2.05) is 12.1 Å². The first-order valence-corrected chi connectivity index (χ1v) is 8.16. The molecule has 2 heterocycles. The molecule has 5 heteroatoms. The Labute approximate surface area is 129 Å². The van der Waals surface area contributed by atoms with E-state index in [0.717, 1.165) is 37.6 Å². The number of hydrogen-bond donors (Lipinski definition) is 1. The second-order valence-corrected chi connectivity index (χ2v) is 6.18. The van der Waals surface area contributed by atoms with Gasteiger partial charge < -0.3 is 10.1 Å². The topological polar surface area (TPSA) is 37.4 Å². The highest BCUT2D eigenvalue weighted by molar-refractivity contribution is 7.09. The summed E-state index contributed by atoms with van der Waals surface area (Å²) in [4.78, 5) is 7.24. The fourth-order valence-electron chi connectivity index (χ4n) is 2.73. The van der Waals surface area contributed by atoms with Crippen LogP contribution in [0.1, 0.15) is 22.3 Å². The Balaban J connectivity index is 1.93. The molecule has 1 aromatic heterocycles. The maximum absolute atomic E-state index is 5.27. The number of thiazole rings is 1. The monoisotopic (exact) mass is 303 g/mol. The molecule has 1 saturated heterocycles. The molecule has 1 fully saturated rings. The third-order valence-corrected chi connectivity index (χ3v) is 4.83. The van der Waals surface area contributed by atoms with Crippen molar-refractivity contribution in [1.82, 2.24) is 15.2 Å². The van der Waals surface area contributed by atoms with Crippen molar-refractivity contribution >= 4 is 11.3 Å². The molecule has 1 aromatic carbocycles. The molecule has 1 aliphatic heterocycles. The fraction of sp³-hybridized carbons (Fsp3) is 0.438. The van der Waals surface area contributed by atoms with E-state index in [1.54, 1.807) is 18.4 Å². The van der Waals surface area contributed by atoms with Crippen LogP contribution >= 0.6 is 11.3 Å². The first kappa shape index (κ1) is 14.5. The second-order valence-electron chi connectivity index (χ2n) is 5.29. The summed E-state index contributed by atoms with van der Waals surface area (Å²) in [5.41, 5.74) is 2.38. The summed E-state index contributed by atoms with van der Waals surface area (Å²) in [6, 6.07) is 8.62. The minimum Gasteiger partial charge on any atom is -0.497 e. The molecular weight excluding hydrogens is 282 g/mol. The number of ether oxygens (including phenoxy) is 1. The van der Waals surface area contributed by atoms with E-state index in [1.165, 1.54) is 10.6 Å². The lowest BCUT2D eigenvalue weighted by molar-refractivity contribution is 0.198. The van der Waals surface area contributed by atoms with E-state index in [0.29, 0.717) is 0 Å². The van der Waals surface area contributed by atoms with Crippen LogP contribution in [-0.2, 0) is 0 Å². The summed E-state index contributed by atoms with van der Waals surface area (Å²) >= 11 is 1.75. The van der Waals surface area contributed by atoms with Gasteiger partial charge in [-0.1, -0.05) is 12.1 Å². The van der Waals surface area contributed by atoms with E-state index in [2.05, 4.69) is 34.7 Å². The number of benzene rings is 1. The Morgan fingerprint density at radius 2 is 1.95 bits per heavy atom. The average Bonchev–Trinajstić information content (AvgIpc) is 2.95. The lowest BCUT2D eigenvalue weighted by atomic mass is 10.0. The average molecular weight is 303 g/mol. The third kappa shape index (κ3) is 3.26. The van der Waals surface area contributed by atoms with Crippen LogP contribution in [-0.4, -0.2) is 43.2 Å². The number of piperazine rings is 1. The van der Waals surface area contributed by atoms with Crippen molar-refractivity contribution in [1.29, 1.82) is 0 Å². The molecule has 1 unspecified atom stereocenters. The number of aryl methyl sites for hydroxylation is 1. The maximum Gasteiger partial charge on any atom is 0.118 e. The largest absolute Gasteiger partial charge is 0.497 e. The van der Waals surface area contributed by atoms with E-state index >= 15 is 0 Å². The van der Waals surface area contributed by atoms with Crippen molar-refractivity contribution in [3.05, 3.63) is 45.9 Å². The SMILES string of the molecule is COc1ccc(C(c2nc(C)cs2)N2CCNCC2)cc1. The van der Waals surface area contributed by atoms with Crippen molar-refractivity contribution in [2.24, 2.45) is 0 Å². The van der Waals surface area contributed by atoms with Gasteiger partial charge in [0.15, 0.2) is 0 Å². The summed E-state index contributed by atoms with van der Waals surface area (Å²) in [6.07, 6.45) is 0. The molecule has 1 aliphatic rings. The first-order valence-electron chi connectivity index (χ1n) is 7.28. The lowest BCUT2D eigenvalue weighted by Crippen LogP contribution is -2.45. The van der Waals surface area contributed by atoms with E-state index in [-0.39, 0.29) is 6.04 Å². The zero-order chi connectivity index (χ0) is 14.7. The van der Waals surface area contributed by atoms with Gasteiger partial charge in [0.2, 0.25) is 0 Å². The first-order chi connectivity index (χ1) is 10.3. The Bertz CT molecular complexity index is 575. The molecular formula is C16H21N3OS. The molecule has 1 atom stereocenters. The van der Waals surface area contributed by atoms with Crippen LogP contribution in [0.4, 0.5) is 0 Å². The molecule has 0 spiro atoms. The molecule has 1 N–H and O–H groups in total. The van der Waals surface area contributed by atoms with Crippen molar-refractivity contribution < 1.29 is 4.74 Å². The quantitative estimate of drug-likeness (QED) is 0.941. The standard InChI is InChI=1S/C16H21N3OS/c1-12-11-21-16(18-12)15(19-9-7-17-8-10-19)13-3-5-14(20-2)6-4-13/h3-6,11,15,17H,7-10H2,1-2H3. The number of rotatable bonds is 4. The zero-order valence-corrected chi connectivity index (χ0v) is 13.3. The van der Waals surface area contributed by atoms with Crippen LogP contribution in [0.15, 0.2) is 29.6 Å². The molecule has 4 nitrogen and oxygen atoms in total. The Morgan fingerprint density at radius 1 is 1.24 bits per heavy atom. The van der Waals surface area contributed by atoms with Gasteiger partial charge in [0.05, 0.1) is 13.2 Å². The van der Waals surface area contributed by atoms with Crippen molar-refractivity contribution in [3.8, 4) is 5.75 Å². The smallest absolute Gasteiger partial charge is 0.118 e. The van der Waals surface area contributed by atoms with Gasteiger partial charge in [0, 0.05) is 37.3 Å². The Hall–Kier alpha value is -1.43. The molecule has 3 rings (SSSR count). The zero-order valence-electron chi connectivity index (χ0n) is 12.5. The highest BCUT2D eigenvalue weighted by Gasteiger charge is 2.26. The van der Waals surface area contributed by atoms with Gasteiger partial charge in [-0.15, -0.1) is 11.3 Å². The van der Waals surface area contributed by atoms with Crippen LogP contribution in [0.25, 0.3) is 0 Å². The molecule has 0 bridgehead atoms. The van der Waals surface area contributed by atoms with Gasteiger partial charge in [0.1, 0.15) is 10.8 Å². The highest BCUT2D eigenvalue weighted by atomic mass is 32.1. The third-order valence-electron chi connectivity index (χ3n) is 3.82. The van der Waals surface area contributed by atoms with Gasteiger partial charge in [0.25, 0.3) is 0 Å². The van der Waals surface area contributed by atoms with Gasteiger partial charge in [-0.05, 0) is 24.6 Å². The van der Waals surface area contributed by atoms with Crippen molar-refractivity contribution in [2.75, 3.05) is 33.3 Å². The van der Waals surface area contributed by atoms with Crippen LogP contribution in [0, 0.1) is 6.92 Å². The summed E-state index contributed by atoms with van der Waals surface area (Å²) in [5, 5.41) is 6.73. The highest BCUT2D eigenvalue weighted by Crippen LogP contribution is 2.32. The molecule has 0 aliphatic carbocycles. The van der Waals surface area contributed by atoms with Gasteiger partial charge >= 0.3 is 0 Å². The molecule has 0 radical (unpaired) electrons. The van der Waals surface area contributed by atoms with Crippen LogP contribution < -0.4 is 10.1 Å². The van der Waals surface area contributed by atoms with Crippen LogP contribution in [0.3, 0.4) is 0 Å². The van der Waals surface area contributed by atoms with E-state index < -0.39 is 0 Å². The summed E-state index contributed by atoms with van der Waals surface area (Å²) in [7, 11) is 1.70. The normalized spacial score (nSPS) is 17.6. The number of methoxy groups -OCH3 is 1. The van der Waals surface area contributed by atoms with Crippen molar-refractivity contribution in [2.45, 2.75) is 13.0 Å². The van der Waals surface area contributed by atoms with Crippen LogP contribution in [0.5, 0.6) is 5.75 Å². The lowest BCUT2D eigenvalue weighted by Gasteiger charge is -2.34. The fourth-order valence-corrected chi connectivity index (χ4v) is 3.69.